The lowest BCUT2D eigenvalue weighted by molar-refractivity contribution is -0.143. The zero-order valence-electron chi connectivity index (χ0n) is 8.53. The Labute approximate surface area is 88.0 Å². The van der Waals surface area contributed by atoms with E-state index in [4.69, 9.17) is 10.8 Å². The normalized spacial score (nSPS) is 24.3. The summed E-state index contributed by atoms with van der Waals surface area (Å²) in [5, 5.41) is 11.6. The molecule has 5 nitrogen and oxygen atoms in total. The van der Waals surface area contributed by atoms with Gasteiger partial charge in [0, 0.05) is 6.54 Å². The van der Waals surface area contributed by atoms with Gasteiger partial charge in [-0.2, -0.15) is 0 Å². The third-order valence-corrected chi connectivity index (χ3v) is 3.37. The van der Waals surface area contributed by atoms with Gasteiger partial charge in [0.05, 0.1) is 5.41 Å². The minimum absolute atomic E-state index is 0.125. The average molecular weight is 212 g/mol. The number of amides is 1. The molecule has 0 radical (unpaired) electrons. The lowest BCUT2D eigenvalue weighted by Gasteiger charge is -2.18. The summed E-state index contributed by atoms with van der Waals surface area (Å²) in [5.41, 5.74) is 5.05. The van der Waals surface area contributed by atoms with E-state index in [9.17, 15) is 9.59 Å². The number of carboxylic acid groups (broad SMARTS) is 1. The van der Waals surface area contributed by atoms with Gasteiger partial charge in [-0.15, -0.1) is 0 Å². The second kappa shape index (κ2) is 3.48. The highest BCUT2D eigenvalue weighted by atomic mass is 16.4. The molecule has 15 heavy (non-hydrogen) atoms. The lowest BCUT2D eigenvalue weighted by Crippen LogP contribution is -2.47. The maximum atomic E-state index is 11.8. The standard InChI is InChI=1S/C10H16N2O3/c11-5-10(3-4-10)9(15)12-7(8(13)14)6-1-2-6/h6-7H,1-5,11H2,(H,12,15)(H,13,14). The first-order valence-electron chi connectivity index (χ1n) is 5.33. The molecule has 1 amide bonds. The predicted molar refractivity (Wildman–Crippen MR) is 53.0 cm³/mol. The van der Waals surface area contributed by atoms with Crippen molar-refractivity contribution in [3.05, 3.63) is 0 Å². The van der Waals surface area contributed by atoms with Crippen LogP contribution in [0.15, 0.2) is 0 Å². The molecule has 2 aliphatic rings. The number of carbonyl (C=O) groups excluding carboxylic acids is 1. The van der Waals surface area contributed by atoms with E-state index in [2.05, 4.69) is 5.32 Å². The fraction of sp³-hybridized carbons (Fsp3) is 0.800. The number of nitrogens with two attached hydrogens (primary N) is 1. The van der Waals surface area contributed by atoms with Crippen molar-refractivity contribution in [1.82, 2.24) is 5.32 Å². The molecule has 2 aliphatic carbocycles. The molecule has 0 saturated heterocycles. The van der Waals surface area contributed by atoms with E-state index in [0.29, 0.717) is 6.54 Å². The first-order chi connectivity index (χ1) is 7.09. The van der Waals surface area contributed by atoms with Gasteiger partial charge in [0.15, 0.2) is 0 Å². The van der Waals surface area contributed by atoms with E-state index >= 15 is 0 Å². The van der Waals surface area contributed by atoms with Crippen LogP contribution in [-0.2, 0) is 9.59 Å². The number of hydrogen-bond donors (Lipinski definition) is 3. The molecule has 2 rings (SSSR count). The van der Waals surface area contributed by atoms with Crippen LogP contribution in [0.3, 0.4) is 0 Å². The highest BCUT2D eigenvalue weighted by Gasteiger charge is 2.50. The van der Waals surface area contributed by atoms with Gasteiger partial charge in [-0.1, -0.05) is 0 Å². The van der Waals surface area contributed by atoms with Crippen molar-refractivity contribution in [2.75, 3.05) is 6.54 Å². The number of hydrogen-bond acceptors (Lipinski definition) is 3. The summed E-state index contributed by atoms with van der Waals surface area (Å²) in [6.45, 7) is 0.315. The second-order valence-electron chi connectivity index (χ2n) is 4.61. The summed E-state index contributed by atoms with van der Waals surface area (Å²) in [6, 6.07) is -0.707. The topological polar surface area (TPSA) is 92.4 Å². The van der Waals surface area contributed by atoms with Crippen molar-refractivity contribution in [2.24, 2.45) is 17.1 Å². The van der Waals surface area contributed by atoms with Gasteiger partial charge in [-0.25, -0.2) is 4.79 Å². The fourth-order valence-corrected chi connectivity index (χ4v) is 1.78. The van der Waals surface area contributed by atoms with Crippen molar-refractivity contribution in [3.63, 3.8) is 0 Å². The summed E-state index contributed by atoms with van der Waals surface area (Å²) >= 11 is 0. The van der Waals surface area contributed by atoms with Gasteiger partial charge in [0.25, 0.3) is 0 Å². The average Bonchev–Trinajstić information content (AvgIpc) is 3.04. The van der Waals surface area contributed by atoms with Crippen LogP contribution in [0.2, 0.25) is 0 Å². The molecule has 5 heteroatoms. The Morgan fingerprint density at radius 2 is 2.07 bits per heavy atom. The lowest BCUT2D eigenvalue weighted by atomic mass is 10.1. The quantitative estimate of drug-likeness (QED) is 0.583. The van der Waals surface area contributed by atoms with Crippen molar-refractivity contribution >= 4 is 11.9 Å². The first kappa shape index (κ1) is 10.4. The molecule has 84 valence electrons. The van der Waals surface area contributed by atoms with Crippen LogP contribution in [0.5, 0.6) is 0 Å². The molecule has 0 spiro atoms. The van der Waals surface area contributed by atoms with E-state index in [1.54, 1.807) is 0 Å². The maximum absolute atomic E-state index is 11.8. The number of aliphatic carboxylic acids is 1. The van der Waals surface area contributed by atoms with Gasteiger partial charge < -0.3 is 16.2 Å². The first-order valence-corrected chi connectivity index (χ1v) is 5.33. The van der Waals surface area contributed by atoms with E-state index < -0.39 is 17.4 Å². The third kappa shape index (κ3) is 1.97. The van der Waals surface area contributed by atoms with Crippen LogP contribution in [0, 0.1) is 11.3 Å². The van der Waals surface area contributed by atoms with Crippen LogP contribution in [0.4, 0.5) is 0 Å². The fourth-order valence-electron chi connectivity index (χ4n) is 1.78. The molecule has 0 aromatic rings. The van der Waals surface area contributed by atoms with Crippen LogP contribution in [0.1, 0.15) is 25.7 Å². The zero-order valence-corrected chi connectivity index (χ0v) is 8.53. The van der Waals surface area contributed by atoms with Crippen molar-refractivity contribution in [2.45, 2.75) is 31.7 Å². The third-order valence-electron chi connectivity index (χ3n) is 3.37. The minimum Gasteiger partial charge on any atom is -0.480 e. The van der Waals surface area contributed by atoms with Crippen LogP contribution in [-0.4, -0.2) is 29.6 Å². The van der Waals surface area contributed by atoms with Gasteiger partial charge in [0.1, 0.15) is 6.04 Å². The summed E-state index contributed by atoms with van der Waals surface area (Å²) in [6.07, 6.45) is 3.36. The molecule has 2 saturated carbocycles. The van der Waals surface area contributed by atoms with E-state index in [1.165, 1.54) is 0 Å². The molecule has 0 aromatic carbocycles. The second-order valence-corrected chi connectivity index (χ2v) is 4.61. The zero-order chi connectivity index (χ0) is 11.1. The largest absolute Gasteiger partial charge is 0.480 e. The van der Waals surface area contributed by atoms with Crippen molar-refractivity contribution < 1.29 is 14.7 Å². The molecule has 1 unspecified atom stereocenters. The molecule has 2 fully saturated rings. The molecule has 0 heterocycles. The molecule has 0 aliphatic heterocycles. The molecule has 0 bridgehead atoms. The highest BCUT2D eigenvalue weighted by Crippen LogP contribution is 2.45. The Bertz CT molecular complexity index is 295. The van der Waals surface area contributed by atoms with E-state index in [-0.39, 0.29) is 11.8 Å². The highest BCUT2D eigenvalue weighted by molar-refractivity contribution is 5.89. The monoisotopic (exact) mass is 212 g/mol. The smallest absolute Gasteiger partial charge is 0.326 e. The Kier molecular flexibility index (Phi) is 2.42. The summed E-state index contributed by atoms with van der Waals surface area (Å²) in [7, 11) is 0. The number of nitrogens with one attached hydrogen (secondary N) is 1. The van der Waals surface area contributed by atoms with E-state index in [0.717, 1.165) is 25.7 Å². The van der Waals surface area contributed by atoms with Crippen LogP contribution in [0.25, 0.3) is 0 Å². The van der Waals surface area contributed by atoms with Gasteiger partial charge in [-0.05, 0) is 31.6 Å². The molecule has 0 aromatic heterocycles. The number of carboxylic acids is 1. The van der Waals surface area contributed by atoms with Crippen LogP contribution < -0.4 is 11.1 Å². The molecular formula is C10H16N2O3. The molecular weight excluding hydrogens is 196 g/mol. The maximum Gasteiger partial charge on any atom is 0.326 e. The Morgan fingerprint density at radius 3 is 2.40 bits per heavy atom. The van der Waals surface area contributed by atoms with E-state index in [1.807, 2.05) is 0 Å². The summed E-state index contributed by atoms with van der Waals surface area (Å²) in [4.78, 5) is 22.7. The van der Waals surface area contributed by atoms with Gasteiger partial charge in [0.2, 0.25) is 5.91 Å². The Morgan fingerprint density at radius 1 is 1.47 bits per heavy atom. The molecule has 1 atom stereocenters. The summed E-state index contributed by atoms with van der Waals surface area (Å²) in [5.74, 6) is -0.983. The van der Waals surface area contributed by atoms with Gasteiger partial charge in [-0.3, -0.25) is 4.79 Å². The van der Waals surface area contributed by atoms with Crippen molar-refractivity contribution in [1.29, 1.82) is 0 Å². The number of rotatable bonds is 5. The molecule has 4 N–H and O–H groups in total. The number of carbonyl (C=O) groups is 2. The predicted octanol–water partition coefficient (Wildman–Crippen LogP) is -0.295. The van der Waals surface area contributed by atoms with Gasteiger partial charge >= 0.3 is 5.97 Å². The minimum atomic E-state index is -0.932. The summed E-state index contributed by atoms with van der Waals surface area (Å²) < 4.78 is 0. The Hall–Kier alpha value is -1.10. The van der Waals surface area contributed by atoms with Crippen molar-refractivity contribution in [3.8, 4) is 0 Å². The van der Waals surface area contributed by atoms with Crippen LogP contribution >= 0.6 is 0 Å². The SMILES string of the molecule is NCC1(C(=O)NC(C(=O)O)C2CC2)CC1. The Balaban J connectivity index is 1.94.